The van der Waals surface area contributed by atoms with E-state index in [1.54, 1.807) is 0 Å². The van der Waals surface area contributed by atoms with Gasteiger partial charge in [-0.25, -0.2) is 4.79 Å². The van der Waals surface area contributed by atoms with Gasteiger partial charge in [-0.05, 0) is 12.1 Å². The Bertz CT molecular complexity index is 133. The minimum Gasteiger partial charge on any atom is -0.450 e. The van der Waals surface area contributed by atoms with E-state index in [1.165, 1.54) is 38.3 Å². The first-order valence-corrected chi connectivity index (χ1v) is 5.49. The lowest BCUT2D eigenvalue weighted by Gasteiger charge is -2.18. The SMILES string of the molecule is COC(=O)O.PCC1CCCCC1. The molecule has 0 aliphatic heterocycles. The average Bonchev–Trinajstić information content (AvgIpc) is 2.20. The first kappa shape index (κ1) is 12.7. The van der Waals surface area contributed by atoms with Gasteiger partial charge in [0.1, 0.15) is 0 Å². The summed E-state index contributed by atoms with van der Waals surface area (Å²) in [6, 6.07) is 0. The highest BCUT2D eigenvalue weighted by atomic mass is 31.0. The minimum absolute atomic E-state index is 1.05. The molecule has 0 radical (unpaired) electrons. The van der Waals surface area contributed by atoms with Gasteiger partial charge in [0, 0.05) is 0 Å². The molecule has 78 valence electrons. The third kappa shape index (κ3) is 8.04. The van der Waals surface area contributed by atoms with Crippen LogP contribution < -0.4 is 0 Å². The molecule has 1 rings (SSSR count). The van der Waals surface area contributed by atoms with E-state index in [4.69, 9.17) is 9.90 Å². The van der Waals surface area contributed by atoms with Crippen molar-refractivity contribution in [3.05, 3.63) is 0 Å². The van der Waals surface area contributed by atoms with Crippen LogP contribution in [-0.2, 0) is 4.74 Å². The number of carbonyl (C=O) groups is 1. The Kier molecular flexibility index (Phi) is 8.11. The molecule has 1 aliphatic carbocycles. The van der Waals surface area contributed by atoms with Crippen LogP contribution in [0.2, 0.25) is 0 Å². The van der Waals surface area contributed by atoms with Crippen LogP contribution in [0.3, 0.4) is 0 Å². The third-order valence-corrected chi connectivity index (χ3v) is 2.90. The number of carboxylic acid groups (broad SMARTS) is 1. The first-order valence-electron chi connectivity index (χ1n) is 4.67. The number of ether oxygens (including phenoxy) is 1. The van der Waals surface area contributed by atoms with E-state index < -0.39 is 6.16 Å². The summed E-state index contributed by atoms with van der Waals surface area (Å²) in [5, 5.41) is 7.50. The number of hydrogen-bond donors (Lipinski definition) is 1. The van der Waals surface area contributed by atoms with Gasteiger partial charge in [-0.2, -0.15) is 0 Å². The van der Waals surface area contributed by atoms with Crippen molar-refractivity contribution in [2.75, 3.05) is 13.3 Å². The summed E-state index contributed by atoms with van der Waals surface area (Å²) in [5.74, 6) is 1.05. The third-order valence-electron chi connectivity index (χ3n) is 2.23. The quantitative estimate of drug-likeness (QED) is 0.530. The molecule has 0 bridgehead atoms. The molecule has 3 nitrogen and oxygen atoms in total. The van der Waals surface area contributed by atoms with Gasteiger partial charge in [0.25, 0.3) is 0 Å². The lowest BCUT2D eigenvalue weighted by molar-refractivity contribution is 0.114. The van der Waals surface area contributed by atoms with Gasteiger partial charge in [0.2, 0.25) is 0 Å². The Morgan fingerprint density at radius 1 is 1.46 bits per heavy atom. The Morgan fingerprint density at radius 3 is 2.15 bits per heavy atom. The van der Waals surface area contributed by atoms with Crippen LogP contribution in [0.1, 0.15) is 32.1 Å². The molecular formula is C9H19O3P. The van der Waals surface area contributed by atoms with Gasteiger partial charge in [-0.3, -0.25) is 0 Å². The van der Waals surface area contributed by atoms with Crippen molar-refractivity contribution in [2.24, 2.45) is 5.92 Å². The maximum atomic E-state index is 9.15. The second kappa shape index (κ2) is 8.31. The summed E-state index contributed by atoms with van der Waals surface area (Å²) >= 11 is 0. The topological polar surface area (TPSA) is 46.5 Å². The predicted octanol–water partition coefficient (Wildman–Crippen LogP) is 2.75. The largest absolute Gasteiger partial charge is 0.505 e. The van der Waals surface area contributed by atoms with Crippen molar-refractivity contribution >= 4 is 15.4 Å². The zero-order chi connectivity index (χ0) is 10.1. The average molecular weight is 206 g/mol. The van der Waals surface area contributed by atoms with Crippen molar-refractivity contribution in [1.29, 1.82) is 0 Å². The summed E-state index contributed by atoms with van der Waals surface area (Å²) < 4.78 is 3.67. The summed E-state index contributed by atoms with van der Waals surface area (Å²) in [4.78, 5) is 9.15. The Balaban J connectivity index is 0.000000252. The molecule has 1 aliphatic rings. The highest BCUT2D eigenvalue weighted by Gasteiger charge is 2.09. The van der Waals surface area contributed by atoms with E-state index >= 15 is 0 Å². The van der Waals surface area contributed by atoms with Crippen LogP contribution in [0, 0.1) is 5.92 Å². The molecule has 0 spiro atoms. The smallest absolute Gasteiger partial charge is 0.450 e. The van der Waals surface area contributed by atoms with E-state index in [2.05, 4.69) is 14.0 Å². The number of rotatable bonds is 1. The Labute approximate surface area is 82.1 Å². The highest BCUT2D eigenvalue weighted by Crippen LogP contribution is 2.24. The monoisotopic (exact) mass is 206 g/mol. The van der Waals surface area contributed by atoms with Crippen molar-refractivity contribution in [3.8, 4) is 0 Å². The van der Waals surface area contributed by atoms with Gasteiger partial charge in [-0.1, -0.05) is 32.1 Å². The summed E-state index contributed by atoms with van der Waals surface area (Å²) in [7, 11) is 3.95. The molecule has 4 heteroatoms. The summed E-state index contributed by atoms with van der Waals surface area (Å²) in [6.07, 6.45) is 7.52. The first-order chi connectivity index (χ1) is 6.20. The molecule has 13 heavy (non-hydrogen) atoms. The van der Waals surface area contributed by atoms with Crippen molar-refractivity contribution < 1.29 is 14.6 Å². The fraction of sp³-hybridized carbons (Fsp3) is 0.889. The van der Waals surface area contributed by atoms with Crippen LogP contribution in [0.25, 0.3) is 0 Å². The molecule has 0 saturated heterocycles. The van der Waals surface area contributed by atoms with Crippen LogP contribution in [0.5, 0.6) is 0 Å². The van der Waals surface area contributed by atoms with Gasteiger partial charge in [0.05, 0.1) is 7.11 Å². The fourth-order valence-electron chi connectivity index (χ4n) is 1.42. The molecule has 0 aromatic carbocycles. The zero-order valence-corrected chi connectivity index (χ0v) is 9.32. The maximum Gasteiger partial charge on any atom is 0.505 e. The number of hydrogen-bond acceptors (Lipinski definition) is 2. The molecule has 0 amide bonds. The standard InChI is InChI=1S/C7H15P.C2H4O3/c8-6-7-4-2-1-3-5-7;1-5-2(3)4/h7H,1-6,8H2;1H3,(H,3,4). The molecule has 1 saturated carbocycles. The summed E-state index contributed by atoms with van der Waals surface area (Å²) in [6.45, 7) is 0. The van der Waals surface area contributed by atoms with Crippen molar-refractivity contribution in [1.82, 2.24) is 0 Å². The van der Waals surface area contributed by atoms with Crippen LogP contribution >= 0.6 is 9.24 Å². The fourth-order valence-corrected chi connectivity index (χ4v) is 1.89. The van der Waals surface area contributed by atoms with E-state index in [0.29, 0.717) is 0 Å². The van der Waals surface area contributed by atoms with Gasteiger partial charge in [0.15, 0.2) is 0 Å². The molecule has 1 N–H and O–H groups in total. The second-order valence-corrected chi connectivity index (χ2v) is 3.68. The summed E-state index contributed by atoms with van der Waals surface area (Å²) in [5.41, 5.74) is 0. The normalized spacial score (nSPS) is 17.1. The lowest BCUT2D eigenvalue weighted by Crippen LogP contribution is -2.06. The Morgan fingerprint density at radius 2 is 1.92 bits per heavy atom. The van der Waals surface area contributed by atoms with Crippen molar-refractivity contribution in [3.63, 3.8) is 0 Å². The van der Waals surface area contributed by atoms with E-state index in [0.717, 1.165) is 13.0 Å². The zero-order valence-electron chi connectivity index (χ0n) is 8.16. The van der Waals surface area contributed by atoms with Crippen LogP contribution in [0.4, 0.5) is 4.79 Å². The molecular weight excluding hydrogens is 187 g/mol. The van der Waals surface area contributed by atoms with Crippen LogP contribution in [-0.4, -0.2) is 24.5 Å². The van der Waals surface area contributed by atoms with Gasteiger partial charge >= 0.3 is 6.16 Å². The second-order valence-electron chi connectivity index (χ2n) is 3.21. The molecule has 0 aromatic heterocycles. The molecule has 1 atom stereocenters. The molecule has 0 aromatic rings. The molecule has 1 fully saturated rings. The Hall–Kier alpha value is -0.300. The number of methoxy groups -OCH3 is 1. The van der Waals surface area contributed by atoms with Gasteiger partial charge in [-0.15, -0.1) is 9.24 Å². The minimum atomic E-state index is -1.25. The van der Waals surface area contributed by atoms with Gasteiger partial charge < -0.3 is 9.84 Å². The van der Waals surface area contributed by atoms with Crippen molar-refractivity contribution in [2.45, 2.75) is 32.1 Å². The maximum absolute atomic E-state index is 9.15. The lowest BCUT2D eigenvalue weighted by atomic mass is 9.91. The highest BCUT2D eigenvalue weighted by molar-refractivity contribution is 7.16. The van der Waals surface area contributed by atoms with E-state index in [1.807, 2.05) is 0 Å². The predicted molar refractivity (Wildman–Crippen MR) is 56.2 cm³/mol. The molecule has 0 heterocycles. The molecule has 1 unspecified atom stereocenters. The van der Waals surface area contributed by atoms with Crippen LogP contribution in [0.15, 0.2) is 0 Å². The van der Waals surface area contributed by atoms with E-state index in [9.17, 15) is 0 Å². The van der Waals surface area contributed by atoms with E-state index in [-0.39, 0.29) is 0 Å².